The van der Waals surface area contributed by atoms with E-state index in [4.69, 9.17) is 5.73 Å². The minimum absolute atomic E-state index is 0.158. The van der Waals surface area contributed by atoms with E-state index in [0.717, 1.165) is 28.2 Å². The summed E-state index contributed by atoms with van der Waals surface area (Å²) in [6.07, 6.45) is 1.64. The number of aryl methyl sites for hydroxylation is 1. The van der Waals surface area contributed by atoms with E-state index in [-0.39, 0.29) is 32.4 Å². The lowest BCUT2D eigenvalue weighted by atomic mass is 9.88. The Morgan fingerprint density at radius 1 is 1.26 bits per heavy atom. The number of hydrogen-bond donors (Lipinski definition) is 1. The Hall–Kier alpha value is -2.26. The quantitative estimate of drug-likeness (QED) is 0.737. The second kappa shape index (κ2) is 6.13. The van der Waals surface area contributed by atoms with Gasteiger partial charge in [0, 0.05) is 43.0 Å². The van der Waals surface area contributed by atoms with Crippen molar-refractivity contribution in [2.75, 3.05) is 25.1 Å². The number of nitrogens with two attached hydrogens (primary N) is 1. The molecule has 3 aromatic rings. The molecule has 0 radical (unpaired) electrons. The van der Waals surface area contributed by atoms with E-state index in [0.29, 0.717) is 11.3 Å². The molecule has 9 heteroatoms. The number of nitrogen functional groups attached to an aromatic ring is 1. The summed E-state index contributed by atoms with van der Waals surface area (Å²) in [5.41, 5.74) is 6.67. The Morgan fingerprint density at radius 3 is 2.59 bits per heavy atom. The molecule has 0 saturated carbocycles. The van der Waals surface area contributed by atoms with Crippen LogP contribution < -0.4 is 5.73 Å². The van der Waals surface area contributed by atoms with Crippen LogP contribution in [0, 0.1) is 0 Å². The van der Waals surface area contributed by atoms with Gasteiger partial charge in [0.25, 0.3) is 0 Å². The first-order chi connectivity index (χ1) is 12.7. The van der Waals surface area contributed by atoms with Crippen molar-refractivity contribution in [2.45, 2.75) is 24.9 Å². The zero-order valence-corrected chi connectivity index (χ0v) is 16.1. The Morgan fingerprint density at radius 2 is 1.93 bits per heavy atom. The first-order valence-corrected chi connectivity index (χ1v) is 10.7. The van der Waals surface area contributed by atoms with Gasteiger partial charge in [0.1, 0.15) is 11.2 Å². The molecule has 2 N–H and O–H groups in total. The SMILES string of the molecule is Cn1nc2c(N)nc3ccccc3c2c1CC1(F)CCN(S(C)(=O)=O)CC1. The van der Waals surface area contributed by atoms with Gasteiger partial charge in [-0.05, 0) is 18.9 Å². The number of aromatic nitrogens is 3. The molecule has 0 unspecified atom stereocenters. The highest BCUT2D eigenvalue weighted by Crippen LogP contribution is 2.36. The van der Waals surface area contributed by atoms with Gasteiger partial charge in [-0.15, -0.1) is 0 Å². The highest BCUT2D eigenvalue weighted by Gasteiger charge is 2.38. The van der Waals surface area contributed by atoms with Gasteiger partial charge in [-0.1, -0.05) is 18.2 Å². The molecule has 144 valence electrons. The largest absolute Gasteiger partial charge is 0.382 e. The molecule has 27 heavy (non-hydrogen) atoms. The van der Waals surface area contributed by atoms with Gasteiger partial charge in [0.2, 0.25) is 10.0 Å². The summed E-state index contributed by atoms with van der Waals surface area (Å²) in [7, 11) is -1.51. The van der Waals surface area contributed by atoms with Crippen molar-refractivity contribution in [3.63, 3.8) is 0 Å². The molecule has 1 aromatic carbocycles. The molecule has 3 heterocycles. The molecule has 7 nitrogen and oxygen atoms in total. The number of hydrogen-bond acceptors (Lipinski definition) is 5. The fourth-order valence-electron chi connectivity index (χ4n) is 3.88. The summed E-state index contributed by atoms with van der Waals surface area (Å²) in [6, 6.07) is 7.60. The number of pyridine rings is 1. The molecule has 1 fully saturated rings. The van der Waals surface area contributed by atoms with Crippen molar-refractivity contribution in [3.8, 4) is 0 Å². The van der Waals surface area contributed by atoms with Crippen LogP contribution in [-0.4, -0.2) is 52.5 Å². The van der Waals surface area contributed by atoms with Crippen LogP contribution in [0.3, 0.4) is 0 Å². The highest BCUT2D eigenvalue weighted by atomic mass is 32.2. The van der Waals surface area contributed by atoms with Gasteiger partial charge in [-0.2, -0.15) is 5.10 Å². The van der Waals surface area contributed by atoms with Gasteiger partial charge in [0.15, 0.2) is 5.82 Å². The van der Waals surface area contributed by atoms with Crippen molar-refractivity contribution in [3.05, 3.63) is 30.0 Å². The summed E-state index contributed by atoms with van der Waals surface area (Å²) in [5, 5.41) is 6.18. The van der Waals surface area contributed by atoms with Gasteiger partial charge < -0.3 is 5.73 Å². The van der Waals surface area contributed by atoms with E-state index in [1.807, 2.05) is 24.3 Å². The average Bonchev–Trinajstić information content (AvgIpc) is 2.92. The van der Waals surface area contributed by atoms with E-state index < -0.39 is 15.7 Å². The molecular formula is C18H22FN5O2S. The van der Waals surface area contributed by atoms with Crippen LogP contribution in [0.2, 0.25) is 0 Å². The predicted octanol–water partition coefficient (Wildman–Crippen LogP) is 2.01. The zero-order valence-electron chi connectivity index (χ0n) is 15.3. The number of halogens is 1. The maximum atomic E-state index is 15.6. The number of nitrogens with zero attached hydrogens (tertiary/aromatic N) is 4. The maximum absolute atomic E-state index is 15.6. The minimum atomic E-state index is -3.29. The molecule has 4 rings (SSSR count). The summed E-state index contributed by atoms with van der Waals surface area (Å²) in [4.78, 5) is 4.39. The third-order valence-corrected chi connectivity index (χ3v) is 6.70. The molecule has 1 aliphatic heterocycles. The second-order valence-electron chi connectivity index (χ2n) is 7.30. The second-order valence-corrected chi connectivity index (χ2v) is 9.28. The fraction of sp³-hybridized carbons (Fsp3) is 0.444. The van der Waals surface area contributed by atoms with E-state index in [2.05, 4.69) is 10.1 Å². The first-order valence-electron chi connectivity index (χ1n) is 8.82. The molecule has 0 aliphatic carbocycles. The normalized spacial score (nSPS) is 18.3. The first kappa shape index (κ1) is 18.1. The number of sulfonamides is 1. The van der Waals surface area contributed by atoms with Crippen LogP contribution in [0.4, 0.5) is 10.2 Å². The standard InChI is InChI=1S/C18H22FN5O2S/c1-23-14(11-18(19)7-9-24(10-8-18)27(2,25)26)15-12-5-3-4-6-13(12)21-17(20)16(15)22-23/h3-6H,7-11H2,1-2H3,(H2,20,21). The minimum Gasteiger partial charge on any atom is -0.382 e. The third-order valence-electron chi connectivity index (χ3n) is 5.39. The van der Waals surface area contributed by atoms with Crippen LogP contribution in [0.25, 0.3) is 21.8 Å². The molecule has 2 aromatic heterocycles. The summed E-state index contributed by atoms with van der Waals surface area (Å²) in [5.74, 6) is 0.324. The molecule has 0 bridgehead atoms. The van der Waals surface area contributed by atoms with Crippen molar-refractivity contribution in [1.29, 1.82) is 0 Å². The number of anilines is 1. The molecular weight excluding hydrogens is 369 g/mol. The van der Waals surface area contributed by atoms with Gasteiger partial charge in [-0.3, -0.25) is 4.68 Å². The Balaban J connectivity index is 1.76. The van der Waals surface area contributed by atoms with E-state index >= 15 is 4.39 Å². The lowest BCUT2D eigenvalue weighted by Gasteiger charge is -2.35. The van der Waals surface area contributed by atoms with Crippen LogP contribution >= 0.6 is 0 Å². The smallest absolute Gasteiger partial charge is 0.211 e. The van der Waals surface area contributed by atoms with Crippen molar-refractivity contribution >= 4 is 37.6 Å². The Kier molecular flexibility index (Phi) is 4.12. The van der Waals surface area contributed by atoms with Crippen molar-refractivity contribution < 1.29 is 12.8 Å². The van der Waals surface area contributed by atoms with E-state index in [9.17, 15) is 8.42 Å². The monoisotopic (exact) mass is 391 g/mol. The molecule has 0 spiro atoms. The van der Waals surface area contributed by atoms with Gasteiger partial charge >= 0.3 is 0 Å². The number of para-hydroxylation sites is 1. The topological polar surface area (TPSA) is 94.1 Å². The predicted molar refractivity (Wildman–Crippen MR) is 104 cm³/mol. The number of fused-ring (bicyclic) bond motifs is 3. The maximum Gasteiger partial charge on any atom is 0.211 e. The Bertz CT molecular complexity index is 1130. The van der Waals surface area contributed by atoms with Crippen LogP contribution in [-0.2, 0) is 23.5 Å². The van der Waals surface area contributed by atoms with Gasteiger partial charge in [0.05, 0.1) is 11.8 Å². The van der Waals surface area contributed by atoms with Gasteiger partial charge in [-0.25, -0.2) is 22.1 Å². The third kappa shape index (κ3) is 3.14. The molecule has 1 saturated heterocycles. The summed E-state index contributed by atoms with van der Waals surface area (Å²) < 4.78 is 42.0. The molecule has 1 aliphatic rings. The van der Waals surface area contributed by atoms with Crippen molar-refractivity contribution in [1.82, 2.24) is 19.1 Å². The molecule has 0 atom stereocenters. The van der Waals surface area contributed by atoms with Crippen LogP contribution in [0.5, 0.6) is 0 Å². The fourth-order valence-corrected chi connectivity index (χ4v) is 4.73. The number of rotatable bonds is 3. The number of alkyl halides is 1. The zero-order chi connectivity index (χ0) is 19.4. The Labute approximate surface area is 157 Å². The highest BCUT2D eigenvalue weighted by molar-refractivity contribution is 7.88. The van der Waals surface area contributed by atoms with E-state index in [1.165, 1.54) is 4.31 Å². The average molecular weight is 391 g/mol. The number of piperidine rings is 1. The summed E-state index contributed by atoms with van der Waals surface area (Å²) in [6.45, 7) is 0.380. The summed E-state index contributed by atoms with van der Waals surface area (Å²) >= 11 is 0. The lowest BCUT2D eigenvalue weighted by Crippen LogP contribution is -2.45. The number of benzene rings is 1. The van der Waals surface area contributed by atoms with Crippen LogP contribution in [0.15, 0.2) is 24.3 Å². The molecule has 0 amide bonds. The van der Waals surface area contributed by atoms with Crippen LogP contribution in [0.1, 0.15) is 18.5 Å². The lowest BCUT2D eigenvalue weighted by molar-refractivity contribution is 0.0875. The van der Waals surface area contributed by atoms with E-state index in [1.54, 1.807) is 11.7 Å². The van der Waals surface area contributed by atoms with Crippen molar-refractivity contribution in [2.24, 2.45) is 7.05 Å².